The van der Waals surface area contributed by atoms with Crippen molar-refractivity contribution in [3.8, 4) is 0 Å². The van der Waals surface area contributed by atoms with Crippen molar-refractivity contribution in [1.29, 1.82) is 0 Å². The summed E-state index contributed by atoms with van der Waals surface area (Å²) in [5, 5.41) is 8.71. The van der Waals surface area contributed by atoms with Gasteiger partial charge in [0, 0.05) is 17.2 Å². The molecule has 0 saturated carbocycles. The maximum absolute atomic E-state index is 12.3. The first-order valence-electron chi connectivity index (χ1n) is 5.59. The van der Waals surface area contributed by atoms with Crippen LogP contribution in [0.25, 0.3) is 0 Å². The number of halogens is 4. The molecule has 0 unspecified atom stereocenters. The Kier molecular flexibility index (Phi) is 7.14. The summed E-state index contributed by atoms with van der Waals surface area (Å²) in [5.74, 6) is -0.183. The molecular formula is C11H13ClF3NO2S2. The second-order valence-electron chi connectivity index (χ2n) is 3.85. The molecule has 1 heterocycles. The lowest BCUT2D eigenvalue weighted by molar-refractivity contribution is -0.160. The van der Waals surface area contributed by atoms with Crippen molar-refractivity contribution < 1.29 is 23.1 Å². The van der Waals surface area contributed by atoms with Crippen LogP contribution in [-0.2, 0) is 10.5 Å². The third-order valence-corrected chi connectivity index (χ3v) is 4.57. The van der Waals surface area contributed by atoms with Gasteiger partial charge in [-0.1, -0.05) is 11.6 Å². The highest BCUT2D eigenvalue weighted by molar-refractivity contribution is 7.99. The first-order valence-corrected chi connectivity index (χ1v) is 7.94. The fourth-order valence-electron chi connectivity index (χ4n) is 1.39. The van der Waals surface area contributed by atoms with Crippen LogP contribution in [0.4, 0.5) is 13.2 Å². The summed E-state index contributed by atoms with van der Waals surface area (Å²) in [4.78, 5) is 13.3. The lowest BCUT2D eigenvalue weighted by Crippen LogP contribution is -2.41. The van der Waals surface area contributed by atoms with Crippen LogP contribution in [0.5, 0.6) is 0 Å². The molecule has 3 nitrogen and oxygen atoms in total. The topological polar surface area (TPSA) is 40.5 Å². The molecule has 1 aromatic heterocycles. The fourth-order valence-corrected chi connectivity index (χ4v) is 3.51. The van der Waals surface area contributed by atoms with Crippen molar-refractivity contribution in [2.24, 2.45) is 0 Å². The Balaban J connectivity index is 2.41. The van der Waals surface area contributed by atoms with Crippen molar-refractivity contribution >= 4 is 40.6 Å². The smallest absolute Gasteiger partial charge is 0.395 e. The van der Waals surface area contributed by atoms with Crippen LogP contribution < -0.4 is 0 Å². The predicted octanol–water partition coefficient (Wildman–Crippen LogP) is 3.02. The Morgan fingerprint density at radius 1 is 1.45 bits per heavy atom. The highest BCUT2D eigenvalue weighted by Crippen LogP contribution is 2.25. The highest BCUT2D eigenvalue weighted by atomic mass is 35.5. The van der Waals surface area contributed by atoms with Crippen molar-refractivity contribution in [2.75, 3.05) is 25.4 Å². The number of thiophene rings is 1. The van der Waals surface area contributed by atoms with Crippen molar-refractivity contribution in [3.05, 3.63) is 21.3 Å². The van der Waals surface area contributed by atoms with E-state index in [0.29, 0.717) is 15.0 Å². The van der Waals surface area contributed by atoms with E-state index in [0.717, 1.165) is 4.88 Å². The van der Waals surface area contributed by atoms with E-state index in [1.165, 1.54) is 23.1 Å². The molecule has 114 valence electrons. The van der Waals surface area contributed by atoms with Gasteiger partial charge in [-0.15, -0.1) is 23.1 Å². The third kappa shape index (κ3) is 6.83. The monoisotopic (exact) mass is 347 g/mol. The zero-order valence-corrected chi connectivity index (χ0v) is 12.7. The van der Waals surface area contributed by atoms with Gasteiger partial charge in [-0.25, -0.2) is 0 Å². The minimum absolute atomic E-state index is 0.0639. The Morgan fingerprint density at radius 2 is 2.15 bits per heavy atom. The first kappa shape index (κ1) is 17.6. The summed E-state index contributed by atoms with van der Waals surface area (Å²) in [6.07, 6.45) is -4.46. The molecule has 0 spiro atoms. The van der Waals surface area contributed by atoms with Gasteiger partial charge in [0.1, 0.15) is 6.54 Å². The van der Waals surface area contributed by atoms with E-state index in [9.17, 15) is 18.0 Å². The van der Waals surface area contributed by atoms with Crippen LogP contribution in [0.2, 0.25) is 4.34 Å². The van der Waals surface area contributed by atoms with Gasteiger partial charge in [-0.05, 0) is 12.1 Å². The zero-order valence-electron chi connectivity index (χ0n) is 10.3. The third-order valence-electron chi connectivity index (χ3n) is 2.19. The van der Waals surface area contributed by atoms with Gasteiger partial charge in [0.2, 0.25) is 5.91 Å². The number of carbonyl (C=O) groups excluding carboxylic acids is 1. The number of rotatable bonds is 7. The Labute approximate surface area is 127 Å². The Hall–Kier alpha value is -0.440. The van der Waals surface area contributed by atoms with Gasteiger partial charge >= 0.3 is 6.18 Å². The van der Waals surface area contributed by atoms with Crippen LogP contribution in [0.3, 0.4) is 0 Å². The molecule has 1 rings (SSSR count). The molecule has 1 aromatic rings. The SMILES string of the molecule is O=C(CSCc1ccc(Cl)s1)N(CCO)CC(F)(F)F. The van der Waals surface area contributed by atoms with Crippen molar-refractivity contribution in [2.45, 2.75) is 11.9 Å². The van der Waals surface area contributed by atoms with Gasteiger partial charge in [-0.2, -0.15) is 13.2 Å². The van der Waals surface area contributed by atoms with E-state index in [2.05, 4.69) is 0 Å². The standard InChI is InChI=1S/C11H13ClF3NO2S2/c12-9-2-1-8(20-9)5-19-6-10(18)16(3-4-17)7-11(13,14)15/h1-2,17H,3-7H2. The first-order chi connectivity index (χ1) is 9.31. The molecule has 0 fully saturated rings. The van der Waals surface area contributed by atoms with Crippen LogP contribution in [0.1, 0.15) is 4.88 Å². The van der Waals surface area contributed by atoms with Crippen LogP contribution >= 0.6 is 34.7 Å². The zero-order chi connectivity index (χ0) is 15.2. The van der Waals surface area contributed by atoms with E-state index < -0.39 is 25.2 Å². The average molecular weight is 348 g/mol. The number of amides is 1. The van der Waals surface area contributed by atoms with E-state index in [4.69, 9.17) is 16.7 Å². The minimum atomic E-state index is -4.46. The molecule has 0 radical (unpaired) electrons. The fraction of sp³-hybridized carbons (Fsp3) is 0.545. The van der Waals surface area contributed by atoms with Crippen LogP contribution in [0.15, 0.2) is 12.1 Å². The van der Waals surface area contributed by atoms with E-state index >= 15 is 0 Å². The normalized spacial score (nSPS) is 11.7. The lowest BCUT2D eigenvalue weighted by Gasteiger charge is -2.22. The molecule has 0 atom stereocenters. The molecular weight excluding hydrogens is 335 g/mol. The lowest BCUT2D eigenvalue weighted by atomic mass is 10.4. The quantitative estimate of drug-likeness (QED) is 0.824. The molecule has 0 bridgehead atoms. The van der Waals surface area contributed by atoms with Crippen molar-refractivity contribution in [3.63, 3.8) is 0 Å². The summed E-state index contributed by atoms with van der Waals surface area (Å²) in [7, 11) is 0. The Bertz CT molecular complexity index is 440. The summed E-state index contributed by atoms with van der Waals surface area (Å²) < 4.78 is 37.5. The molecule has 0 saturated heterocycles. The second kappa shape index (κ2) is 8.11. The molecule has 0 aliphatic rings. The van der Waals surface area contributed by atoms with Gasteiger partial charge in [0.25, 0.3) is 0 Å². The minimum Gasteiger partial charge on any atom is -0.395 e. The number of thioether (sulfide) groups is 1. The van der Waals surface area contributed by atoms with Gasteiger partial charge in [-0.3, -0.25) is 4.79 Å². The highest BCUT2D eigenvalue weighted by Gasteiger charge is 2.32. The van der Waals surface area contributed by atoms with Crippen LogP contribution in [-0.4, -0.2) is 47.5 Å². The van der Waals surface area contributed by atoms with E-state index in [1.54, 1.807) is 6.07 Å². The molecule has 0 aliphatic heterocycles. The number of hydrogen-bond acceptors (Lipinski definition) is 4. The van der Waals surface area contributed by atoms with Gasteiger partial charge in [0.05, 0.1) is 16.7 Å². The number of nitrogens with zero attached hydrogens (tertiary/aromatic N) is 1. The largest absolute Gasteiger partial charge is 0.406 e. The molecule has 0 aliphatic carbocycles. The molecule has 1 amide bonds. The molecule has 9 heteroatoms. The maximum atomic E-state index is 12.3. The van der Waals surface area contributed by atoms with Crippen molar-refractivity contribution in [1.82, 2.24) is 4.90 Å². The second-order valence-corrected chi connectivity index (χ2v) is 6.64. The average Bonchev–Trinajstić information content (AvgIpc) is 2.73. The number of hydrogen-bond donors (Lipinski definition) is 1. The van der Waals surface area contributed by atoms with Gasteiger partial charge < -0.3 is 10.0 Å². The van der Waals surface area contributed by atoms with E-state index in [1.807, 2.05) is 6.07 Å². The Morgan fingerprint density at radius 3 is 2.65 bits per heavy atom. The summed E-state index contributed by atoms with van der Waals surface area (Å²) in [6.45, 7) is -2.14. The molecule has 1 N–H and O–H groups in total. The number of alkyl halides is 3. The molecule has 0 aromatic carbocycles. The van der Waals surface area contributed by atoms with Crippen LogP contribution in [0, 0.1) is 0 Å². The summed E-state index contributed by atoms with van der Waals surface area (Å²) in [6, 6.07) is 3.54. The van der Waals surface area contributed by atoms with E-state index in [-0.39, 0.29) is 12.3 Å². The van der Waals surface area contributed by atoms with Gasteiger partial charge in [0.15, 0.2) is 0 Å². The molecule has 20 heavy (non-hydrogen) atoms. The summed E-state index contributed by atoms with van der Waals surface area (Å²) in [5.41, 5.74) is 0. The number of aliphatic hydroxyl groups excluding tert-OH is 1. The summed E-state index contributed by atoms with van der Waals surface area (Å²) >= 11 is 8.33. The number of aliphatic hydroxyl groups is 1. The maximum Gasteiger partial charge on any atom is 0.406 e. The predicted molar refractivity (Wildman–Crippen MR) is 75.2 cm³/mol. The number of carbonyl (C=O) groups is 1.